The molecule has 0 aliphatic carbocycles. The molecule has 0 saturated carbocycles. The minimum Gasteiger partial charge on any atom is -0.326 e. The van der Waals surface area contributed by atoms with Crippen molar-refractivity contribution in [3.8, 4) is 11.1 Å². The number of nitrogens with one attached hydrogen (secondary N) is 1. The first-order chi connectivity index (χ1) is 12.6. The van der Waals surface area contributed by atoms with Gasteiger partial charge in [0.1, 0.15) is 0 Å². The Bertz CT molecular complexity index is 889. The Hall–Kier alpha value is -3.47. The Kier molecular flexibility index (Phi) is 5.39. The Morgan fingerprint density at radius 3 is 2.00 bits per heavy atom. The third-order valence-electron chi connectivity index (χ3n) is 4.06. The quantitative estimate of drug-likeness (QED) is 0.513. The van der Waals surface area contributed by atoms with Crippen molar-refractivity contribution < 1.29 is 9.72 Å². The highest BCUT2D eigenvalue weighted by Crippen LogP contribution is 2.24. The molecule has 0 radical (unpaired) electrons. The van der Waals surface area contributed by atoms with Gasteiger partial charge in [-0.25, -0.2) is 0 Å². The fourth-order valence-electron chi connectivity index (χ4n) is 2.65. The highest BCUT2D eigenvalue weighted by molar-refractivity contribution is 5.91. The molecule has 0 aliphatic heterocycles. The minimum atomic E-state index is -0.419. The molecule has 0 atom stereocenters. The van der Waals surface area contributed by atoms with E-state index in [9.17, 15) is 14.9 Å². The van der Waals surface area contributed by atoms with Gasteiger partial charge in [-0.1, -0.05) is 42.5 Å². The van der Waals surface area contributed by atoms with Crippen molar-refractivity contribution in [2.75, 3.05) is 5.32 Å². The first kappa shape index (κ1) is 17.4. The molecule has 0 aromatic heterocycles. The number of benzene rings is 3. The molecule has 3 rings (SSSR count). The van der Waals surface area contributed by atoms with Gasteiger partial charge in [-0.2, -0.15) is 0 Å². The summed E-state index contributed by atoms with van der Waals surface area (Å²) < 4.78 is 0. The van der Waals surface area contributed by atoms with E-state index < -0.39 is 4.92 Å². The molecular formula is C21H18N2O3. The van der Waals surface area contributed by atoms with Crippen LogP contribution in [-0.4, -0.2) is 10.8 Å². The van der Waals surface area contributed by atoms with Crippen LogP contribution in [0.15, 0.2) is 78.9 Å². The number of carbonyl (C=O) groups excluding carboxylic acids is 1. The van der Waals surface area contributed by atoms with E-state index >= 15 is 0 Å². The number of hydrogen-bond acceptors (Lipinski definition) is 3. The van der Waals surface area contributed by atoms with Crippen molar-refractivity contribution in [1.29, 1.82) is 0 Å². The summed E-state index contributed by atoms with van der Waals surface area (Å²) in [4.78, 5) is 22.4. The van der Waals surface area contributed by atoms with Crippen LogP contribution in [0.5, 0.6) is 0 Å². The topological polar surface area (TPSA) is 72.2 Å². The summed E-state index contributed by atoms with van der Waals surface area (Å²) in [5, 5.41) is 13.6. The fraction of sp³-hybridized carbons (Fsp3) is 0.0952. The van der Waals surface area contributed by atoms with Crippen LogP contribution >= 0.6 is 0 Å². The SMILES string of the molecule is O=C(CCc1ccccc1)Nc1ccc(-c2ccc([N+](=O)[O-])cc2)cc1. The monoisotopic (exact) mass is 346 g/mol. The molecule has 0 saturated heterocycles. The van der Waals surface area contributed by atoms with Crippen LogP contribution in [0.3, 0.4) is 0 Å². The Morgan fingerprint density at radius 1 is 0.846 bits per heavy atom. The molecule has 0 heterocycles. The summed E-state index contributed by atoms with van der Waals surface area (Å²) in [7, 11) is 0. The Balaban J connectivity index is 1.58. The van der Waals surface area contributed by atoms with Gasteiger partial charge in [0.15, 0.2) is 0 Å². The number of nitro groups is 1. The van der Waals surface area contributed by atoms with E-state index in [1.165, 1.54) is 12.1 Å². The molecule has 26 heavy (non-hydrogen) atoms. The zero-order valence-corrected chi connectivity index (χ0v) is 14.1. The number of aryl methyl sites for hydroxylation is 1. The van der Waals surface area contributed by atoms with E-state index in [1.807, 2.05) is 54.6 Å². The van der Waals surface area contributed by atoms with E-state index in [4.69, 9.17) is 0 Å². The average Bonchev–Trinajstić information content (AvgIpc) is 2.68. The minimum absolute atomic E-state index is 0.0306. The molecule has 5 nitrogen and oxygen atoms in total. The van der Waals surface area contributed by atoms with E-state index in [0.29, 0.717) is 12.8 Å². The second-order valence-corrected chi connectivity index (χ2v) is 5.92. The lowest BCUT2D eigenvalue weighted by Crippen LogP contribution is -2.12. The molecule has 0 fully saturated rings. The second-order valence-electron chi connectivity index (χ2n) is 5.92. The zero-order chi connectivity index (χ0) is 18.4. The van der Waals surface area contributed by atoms with Gasteiger partial charge in [0, 0.05) is 24.2 Å². The van der Waals surface area contributed by atoms with Crippen LogP contribution in [0.1, 0.15) is 12.0 Å². The van der Waals surface area contributed by atoms with Crippen LogP contribution in [0, 0.1) is 10.1 Å². The summed E-state index contributed by atoms with van der Waals surface area (Å²) in [5.74, 6) is -0.0306. The molecule has 1 amide bonds. The van der Waals surface area contributed by atoms with Gasteiger partial charge in [-0.3, -0.25) is 14.9 Å². The van der Waals surface area contributed by atoms with E-state index in [2.05, 4.69) is 5.32 Å². The van der Waals surface area contributed by atoms with Gasteiger partial charge in [-0.05, 0) is 47.4 Å². The highest BCUT2D eigenvalue weighted by Gasteiger charge is 2.06. The van der Waals surface area contributed by atoms with Gasteiger partial charge < -0.3 is 5.32 Å². The number of nitro benzene ring substituents is 1. The summed E-state index contributed by atoms with van der Waals surface area (Å²) in [6, 6.07) is 23.7. The molecule has 3 aromatic carbocycles. The van der Waals surface area contributed by atoms with Crippen molar-refractivity contribution in [2.45, 2.75) is 12.8 Å². The van der Waals surface area contributed by atoms with Gasteiger partial charge in [0.05, 0.1) is 4.92 Å². The largest absolute Gasteiger partial charge is 0.326 e. The Labute approximate surface area is 151 Å². The van der Waals surface area contributed by atoms with Crippen molar-refractivity contribution in [3.05, 3.63) is 94.5 Å². The van der Waals surface area contributed by atoms with Crippen molar-refractivity contribution in [1.82, 2.24) is 0 Å². The predicted octanol–water partition coefficient (Wildman–Crippen LogP) is 4.83. The normalized spacial score (nSPS) is 10.3. The van der Waals surface area contributed by atoms with Gasteiger partial charge in [0.2, 0.25) is 5.91 Å². The van der Waals surface area contributed by atoms with Crippen molar-refractivity contribution in [2.24, 2.45) is 0 Å². The first-order valence-corrected chi connectivity index (χ1v) is 8.30. The van der Waals surface area contributed by atoms with E-state index in [1.54, 1.807) is 12.1 Å². The van der Waals surface area contributed by atoms with Crippen LogP contribution in [0.25, 0.3) is 11.1 Å². The lowest BCUT2D eigenvalue weighted by Gasteiger charge is -2.07. The number of anilines is 1. The molecule has 1 N–H and O–H groups in total. The molecule has 0 bridgehead atoms. The van der Waals surface area contributed by atoms with Gasteiger partial charge in [-0.15, -0.1) is 0 Å². The van der Waals surface area contributed by atoms with E-state index in [-0.39, 0.29) is 11.6 Å². The fourth-order valence-corrected chi connectivity index (χ4v) is 2.65. The summed E-state index contributed by atoms with van der Waals surface area (Å²) >= 11 is 0. The van der Waals surface area contributed by atoms with Crippen molar-refractivity contribution in [3.63, 3.8) is 0 Å². The predicted molar refractivity (Wildman–Crippen MR) is 102 cm³/mol. The maximum atomic E-state index is 12.1. The average molecular weight is 346 g/mol. The number of rotatable bonds is 6. The number of amides is 1. The number of carbonyl (C=O) groups is 1. The Morgan fingerprint density at radius 2 is 1.42 bits per heavy atom. The molecule has 0 unspecified atom stereocenters. The van der Waals surface area contributed by atoms with E-state index in [0.717, 1.165) is 22.4 Å². The molecule has 130 valence electrons. The zero-order valence-electron chi connectivity index (χ0n) is 14.1. The molecule has 3 aromatic rings. The van der Waals surface area contributed by atoms with Crippen LogP contribution in [0.4, 0.5) is 11.4 Å². The third kappa shape index (κ3) is 4.54. The number of hydrogen-bond donors (Lipinski definition) is 1. The molecule has 5 heteroatoms. The van der Waals surface area contributed by atoms with Crippen LogP contribution in [-0.2, 0) is 11.2 Å². The lowest BCUT2D eigenvalue weighted by atomic mass is 10.0. The standard InChI is InChI=1S/C21H18N2O3/c24-21(15-6-16-4-2-1-3-5-16)22-19-11-7-17(8-12-19)18-9-13-20(14-10-18)23(25)26/h1-5,7-14H,6,15H2,(H,22,24). The van der Waals surface area contributed by atoms with Gasteiger partial charge in [0.25, 0.3) is 5.69 Å². The summed E-state index contributed by atoms with van der Waals surface area (Å²) in [5.41, 5.74) is 3.75. The number of nitrogens with zero attached hydrogens (tertiary/aromatic N) is 1. The maximum Gasteiger partial charge on any atom is 0.269 e. The first-order valence-electron chi connectivity index (χ1n) is 8.30. The summed E-state index contributed by atoms with van der Waals surface area (Å²) in [6.07, 6.45) is 1.13. The second kappa shape index (κ2) is 8.07. The highest BCUT2D eigenvalue weighted by atomic mass is 16.6. The lowest BCUT2D eigenvalue weighted by molar-refractivity contribution is -0.384. The third-order valence-corrected chi connectivity index (χ3v) is 4.06. The molecule has 0 spiro atoms. The van der Waals surface area contributed by atoms with Crippen LogP contribution in [0.2, 0.25) is 0 Å². The molecule has 0 aliphatic rings. The number of non-ortho nitro benzene ring substituents is 1. The summed E-state index contributed by atoms with van der Waals surface area (Å²) in [6.45, 7) is 0. The van der Waals surface area contributed by atoms with Crippen LogP contribution < -0.4 is 5.32 Å². The van der Waals surface area contributed by atoms with Crippen molar-refractivity contribution >= 4 is 17.3 Å². The smallest absolute Gasteiger partial charge is 0.269 e. The molecular weight excluding hydrogens is 328 g/mol. The maximum absolute atomic E-state index is 12.1. The van der Waals surface area contributed by atoms with Gasteiger partial charge >= 0.3 is 0 Å².